The van der Waals surface area contributed by atoms with Crippen LogP contribution in [0.3, 0.4) is 0 Å². The first kappa shape index (κ1) is 17.2. The molecule has 0 aliphatic rings. The van der Waals surface area contributed by atoms with Crippen molar-refractivity contribution >= 4 is 27.5 Å². The molecule has 0 radical (unpaired) electrons. The van der Waals surface area contributed by atoms with Crippen molar-refractivity contribution in [3.05, 3.63) is 98.4 Å². The van der Waals surface area contributed by atoms with Crippen LogP contribution in [-0.2, 0) is 6.54 Å². The maximum absolute atomic E-state index is 12.6. The highest BCUT2D eigenvalue weighted by atomic mass is 79.9. The van der Waals surface area contributed by atoms with E-state index < -0.39 is 5.91 Å². The van der Waals surface area contributed by atoms with E-state index in [-0.39, 0.29) is 11.1 Å². The zero-order valence-electron chi connectivity index (χ0n) is 13.7. The summed E-state index contributed by atoms with van der Waals surface area (Å²) in [6, 6.07) is 18.5. The topological polar surface area (TPSA) is 51.1 Å². The first-order valence-electron chi connectivity index (χ1n) is 7.85. The van der Waals surface area contributed by atoms with Gasteiger partial charge in [-0.15, -0.1) is 0 Å². The summed E-state index contributed by atoms with van der Waals surface area (Å²) in [6.45, 7) is 2.39. The largest absolute Gasteiger partial charge is 0.322 e. The van der Waals surface area contributed by atoms with Crippen LogP contribution in [0.2, 0.25) is 0 Å². The molecule has 25 heavy (non-hydrogen) atoms. The summed E-state index contributed by atoms with van der Waals surface area (Å²) in [7, 11) is 0. The van der Waals surface area contributed by atoms with Crippen LogP contribution in [0.15, 0.2) is 76.1 Å². The van der Waals surface area contributed by atoms with Gasteiger partial charge in [0, 0.05) is 16.4 Å². The van der Waals surface area contributed by atoms with Crippen LogP contribution in [0.1, 0.15) is 21.5 Å². The Morgan fingerprint density at radius 1 is 1.08 bits per heavy atom. The number of hydrogen-bond donors (Lipinski definition) is 1. The first-order chi connectivity index (χ1) is 12.0. The fourth-order valence-corrected chi connectivity index (χ4v) is 2.86. The lowest BCUT2D eigenvalue weighted by molar-refractivity contribution is 0.102. The Bertz CT molecular complexity index is 965. The maximum Gasteiger partial charge on any atom is 0.263 e. The standard InChI is InChI=1S/C20H17BrN2O2/c1-14-9-10-16(12-18(14)21)22-19(24)17-8-5-11-23(20(17)25)13-15-6-3-2-4-7-15/h2-12H,13H2,1H3,(H,22,24). The smallest absolute Gasteiger partial charge is 0.263 e. The predicted octanol–water partition coefficient (Wildman–Crippen LogP) is 4.22. The minimum Gasteiger partial charge on any atom is -0.322 e. The molecule has 0 spiro atoms. The Morgan fingerprint density at radius 3 is 2.56 bits per heavy atom. The van der Waals surface area contributed by atoms with Gasteiger partial charge in [0.25, 0.3) is 11.5 Å². The van der Waals surface area contributed by atoms with E-state index in [0.29, 0.717) is 12.2 Å². The molecule has 3 aromatic rings. The molecule has 2 aromatic carbocycles. The molecule has 5 heteroatoms. The van der Waals surface area contributed by atoms with Crippen LogP contribution in [0, 0.1) is 6.92 Å². The summed E-state index contributed by atoms with van der Waals surface area (Å²) < 4.78 is 2.44. The van der Waals surface area contributed by atoms with E-state index in [9.17, 15) is 9.59 Å². The van der Waals surface area contributed by atoms with E-state index in [0.717, 1.165) is 15.6 Å². The average Bonchev–Trinajstić information content (AvgIpc) is 2.61. The Balaban J connectivity index is 1.84. The van der Waals surface area contributed by atoms with Gasteiger partial charge in [-0.1, -0.05) is 52.3 Å². The second kappa shape index (κ2) is 7.49. The van der Waals surface area contributed by atoms with Gasteiger partial charge in [0.2, 0.25) is 0 Å². The van der Waals surface area contributed by atoms with Crippen LogP contribution < -0.4 is 10.9 Å². The van der Waals surface area contributed by atoms with Gasteiger partial charge >= 0.3 is 0 Å². The SMILES string of the molecule is Cc1ccc(NC(=O)c2cccn(Cc3ccccc3)c2=O)cc1Br. The quantitative estimate of drug-likeness (QED) is 0.717. The number of hydrogen-bond acceptors (Lipinski definition) is 2. The van der Waals surface area contributed by atoms with Gasteiger partial charge in [-0.3, -0.25) is 9.59 Å². The molecular weight excluding hydrogens is 380 g/mol. The Labute approximate surface area is 154 Å². The number of benzene rings is 2. The molecule has 1 aromatic heterocycles. The molecule has 1 amide bonds. The van der Waals surface area contributed by atoms with E-state index in [1.54, 1.807) is 18.3 Å². The van der Waals surface area contributed by atoms with Crippen LogP contribution in [0.25, 0.3) is 0 Å². The van der Waals surface area contributed by atoms with Crippen LogP contribution in [-0.4, -0.2) is 10.5 Å². The van der Waals surface area contributed by atoms with Crippen molar-refractivity contribution in [1.82, 2.24) is 4.57 Å². The minimum absolute atomic E-state index is 0.120. The molecule has 0 fully saturated rings. The van der Waals surface area contributed by atoms with Gasteiger partial charge in [-0.2, -0.15) is 0 Å². The molecule has 0 saturated heterocycles. The second-order valence-electron chi connectivity index (χ2n) is 5.76. The summed E-state index contributed by atoms with van der Waals surface area (Å²) in [5, 5.41) is 2.78. The molecule has 1 N–H and O–H groups in total. The molecule has 1 heterocycles. The summed E-state index contributed by atoms with van der Waals surface area (Å²) in [4.78, 5) is 25.1. The minimum atomic E-state index is -0.414. The lowest BCUT2D eigenvalue weighted by Crippen LogP contribution is -2.29. The van der Waals surface area contributed by atoms with Gasteiger partial charge in [0.05, 0.1) is 6.54 Å². The van der Waals surface area contributed by atoms with Crippen molar-refractivity contribution in [1.29, 1.82) is 0 Å². The van der Waals surface area contributed by atoms with Crippen molar-refractivity contribution in [3.63, 3.8) is 0 Å². The van der Waals surface area contributed by atoms with E-state index in [2.05, 4.69) is 21.2 Å². The third-order valence-corrected chi connectivity index (χ3v) is 4.74. The third kappa shape index (κ3) is 4.06. The first-order valence-corrected chi connectivity index (χ1v) is 8.65. The molecule has 4 nitrogen and oxygen atoms in total. The lowest BCUT2D eigenvalue weighted by Gasteiger charge is -2.10. The summed E-state index contributed by atoms with van der Waals surface area (Å²) in [6.07, 6.45) is 1.69. The molecule has 0 aliphatic carbocycles. The molecule has 0 atom stereocenters. The number of rotatable bonds is 4. The number of carbonyl (C=O) groups excluding carboxylic acids is 1. The van der Waals surface area contributed by atoms with Crippen molar-refractivity contribution < 1.29 is 4.79 Å². The van der Waals surface area contributed by atoms with Crippen molar-refractivity contribution in [3.8, 4) is 0 Å². The van der Waals surface area contributed by atoms with Gasteiger partial charge < -0.3 is 9.88 Å². The Morgan fingerprint density at radius 2 is 1.84 bits per heavy atom. The van der Waals surface area contributed by atoms with E-state index in [4.69, 9.17) is 0 Å². The number of anilines is 1. The Kier molecular flexibility index (Phi) is 5.14. The molecule has 0 bridgehead atoms. The molecule has 126 valence electrons. The zero-order valence-corrected chi connectivity index (χ0v) is 15.3. The van der Waals surface area contributed by atoms with Crippen LogP contribution in [0.5, 0.6) is 0 Å². The number of aromatic nitrogens is 1. The molecule has 0 unspecified atom stereocenters. The van der Waals surface area contributed by atoms with Crippen LogP contribution >= 0.6 is 15.9 Å². The number of nitrogens with one attached hydrogen (secondary N) is 1. The lowest BCUT2D eigenvalue weighted by atomic mass is 10.2. The number of aryl methyl sites for hydroxylation is 1. The van der Waals surface area contributed by atoms with Crippen molar-refractivity contribution in [2.24, 2.45) is 0 Å². The summed E-state index contributed by atoms with van der Waals surface area (Å²) >= 11 is 3.44. The van der Waals surface area contributed by atoms with Crippen molar-refractivity contribution in [2.75, 3.05) is 5.32 Å². The Hall–Kier alpha value is -2.66. The number of nitrogens with zero attached hydrogens (tertiary/aromatic N) is 1. The monoisotopic (exact) mass is 396 g/mol. The zero-order chi connectivity index (χ0) is 17.8. The normalized spacial score (nSPS) is 10.5. The maximum atomic E-state index is 12.6. The molecule has 0 saturated carbocycles. The molecule has 0 aliphatic heterocycles. The summed E-state index contributed by atoms with van der Waals surface area (Å²) in [5.41, 5.74) is 2.53. The number of amides is 1. The van der Waals surface area contributed by atoms with Crippen molar-refractivity contribution in [2.45, 2.75) is 13.5 Å². The third-order valence-electron chi connectivity index (χ3n) is 3.89. The number of halogens is 1. The molecule has 3 rings (SSSR count). The van der Waals surface area contributed by atoms with E-state index >= 15 is 0 Å². The van der Waals surface area contributed by atoms with E-state index in [1.807, 2.05) is 55.5 Å². The number of carbonyl (C=O) groups is 1. The van der Waals surface area contributed by atoms with Gasteiger partial charge in [0.15, 0.2) is 0 Å². The highest BCUT2D eigenvalue weighted by Gasteiger charge is 2.13. The molecular formula is C20H17BrN2O2. The number of pyridine rings is 1. The highest BCUT2D eigenvalue weighted by Crippen LogP contribution is 2.20. The second-order valence-corrected chi connectivity index (χ2v) is 6.61. The summed E-state index contributed by atoms with van der Waals surface area (Å²) in [5.74, 6) is -0.414. The fourth-order valence-electron chi connectivity index (χ4n) is 2.48. The van der Waals surface area contributed by atoms with Gasteiger partial charge in [-0.25, -0.2) is 0 Å². The predicted molar refractivity (Wildman–Crippen MR) is 103 cm³/mol. The van der Waals surface area contributed by atoms with Gasteiger partial charge in [0.1, 0.15) is 5.56 Å². The fraction of sp³-hybridized carbons (Fsp3) is 0.100. The van der Waals surface area contributed by atoms with E-state index in [1.165, 1.54) is 4.57 Å². The highest BCUT2D eigenvalue weighted by molar-refractivity contribution is 9.10. The average molecular weight is 397 g/mol. The van der Waals surface area contributed by atoms with Gasteiger partial charge in [-0.05, 0) is 42.3 Å². The van der Waals surface area contributed by atoms with Crippen LogP contribution in [0.4, 0.5) is 5.69 Å².